The Hall–Kier alpha value is -1.83. The van der Waals surface area contributed by atoms with Crippen molar-refractivity contribution in [2.45, 2.75) is 6.42 Å². The molecule has 0 N–H and O–H groups in total. The van der Waals surface area contributed by atoms with Gasteiger partial charge in [-0.3, -0.25) is 4.79 Å². The van der Waals surface area contributed by atoms with Crippen molar-refractivity contribution in [2.75, 3.05) is 0 Å². The number of Topliss-reactive ketones (excluding diaryl/α,β-unsaturated/α-hetero) is 1. The monoisotopic (exact) mass is 199 g/mol. The van der Waals surface area contributed by atoms with Crippen LogP contribution in [0, 0.1) is 28.8 Å². The second-order valence-corrected chi connectivity index (χ2v) is 2.51. The van der Waals surface area contributed by atoms with Crippen LogP contribution >= 0.6 is 0 Å². The molecule has 0 aliphatic heterocycles. The SMILES string of the molecule is N#CCC(=O)c1cc(F)c(F)c(F)c1. The minimum absolute atomic E-state index is 0.344. The van der Waals surface area contributed by atoms with Gasteiger partial charge in [0.1, 0.15) is 0 Å². The summed E-state index contributed by atoms with van der Waals surface area (Å²) >= 11 is 0. The molecule has 5 heteroatoms. The predicted octanol–water partition coefficient (Wildman–Crippen LogP) is 2.20. The van der Waals surface area contributed by atoms with Crippen molar-refractivity contribution in [3.63, 3.8) is 0 Å². The standard InChI is InChI=1S/C9H4F3NO/c10-6-3-5(8(14)1-2-13)4-7(11)9(6)12/h3-4H,1H2. The maximum absolute atomic E-state index is 12.6. The van der Waals surface area contributed by atoms with E-state index in [1.807, 2.05) is 0 Å². The van der Waals surface area contributed by atoms with Gasteiger partial charge in [-0.05, 0) is 12.1 Å². The molecule has 0 amide bonds. The first-order valence-corrected chi connectivity index (χ1v) is 3.61. The molecule has 2 nitrogen and oxygen atoms in total. The summed E-state index contributed by atoms with van der Waals surface area (Å²) in [5, 5.41) is 8.16. The Morgan fingerprint density at radius 2 is 1.79 bits per heavy atom. The fourth-order valence-electron chi connectivity index (χ4n) is 0.890. The van der Waals surface area contributed by atoms with Crippen molar-refractivity contribution in [1.29, 1.82) is 5.26 Å². The molecule has 0 aliphatic carbocycles. The van der Waals surface area contributed by atoms with E-state index in [-0.39, 0.29) is 5.56 Å². The van der Waals surface area contributed by atoms with Crippen molar-refractivity contribution >= 4 is 5.78 Å². The molecule has 0 bridgehead atoms. The summed E-state index contributed by atoms with van der Waals surface area (Å²) in [7, 11) is 0. The number of nitrogens with zero attached hydrogens (tertiary/aromatic N) is 1. The molecule has 1 aromatic carbocycles. The molecule has 0 atom stereocenters. The van der Waals surface area contributed by atoms with Crippen molar-refractivity contribution < 1.29 is 18.0 Å². The molecule has 1 rings (SSSR count). The summed E-state index contributed by atoms with van der Waals surface area (Å²) in [5.74, 6) is -5.25. The first-order chi connectivity index (χ1) is 6.56. The van der Waals surface area contributed by atoms with Crippen LogP contribution in [0.2, 0.25) is 0 Å². The number of rotatable bonds is 2. The fraction of sp³-hybridized carbons (Fsp3) is 0.111. The van der Waals surface area contributed by atoms with Crippen LogP contribution < -0.4 is 0 Å². The third-order valence-electron chi connectivity index (χ3n) is 1.55. The Bertz CT molecular complexity index is 400. The number of halogens is 3. The van der Waals surface area contributed by atoms with Crippen LogP contribution in [0.3, 0.4) is 0 Å². The van der Waals surface area contributed by atoms with Crippen LogP contribution in [-0.2, 0) is 0 Å². The summed E-state index contributed by atoms with van der Waals surface area (Å²) in [6.07, 6.45) is -0.496. The number of nitriles is 1. The topological polar surface area (TPSA) is 40.9 Å². The van der Waals surface area contributed by atoms with Gasteiger partial charge in [-0.2, -0.15) is 5.26 Å². The Morgan fingerprint density at radius 1 is 1.29 bits per heavy atom. The van der Waals surface area contributed by atoms with Crippen molar-refractivity contribution in [2.24, 2.45) is 0 Å². The molecular weight excluding hydrogens is 195 g/mol. The van der Waals surface area contributed by atoms with Crippen molar-refractivity contribution in [1.82, 2.24) is 0 Å². The predicted molar refractivity (Wildman–Crippen MR) is 40.9 cm³/mol. The molecule has 14 heavy (non-hydrogen) atoms. The summed E-state index contributed by atoms with van der Waals surface area (Å²) in [5.41, 5.74) is -0.344. The van der Waals surface area contributed by atoms with E-state index >= 15 is 0 Å². The van der Waals surface area contributed by atoms with E-state index in [1.54, 1.807) is 0 Å². The quantitative estimate of drug-likeness (QED) is 0.541. The maximum Gasteiger partial charge on any atom is 0.194 e. The second-order valence-electron chi connectivity index (χ2n) is 2.51. The molecule has 0 spiro atoms. The number of hydrogen-bond donors (Lipinski definition) is 0. The first kappa shape index (κ1) is 10.3. The van der Waals surface area contributed by atoms with Gasteiger partial charge in [0.25, 0.3) is 0 Å². The van der Waals surface area contributed by atoms with Gasteiger partial charge < -0.3 is 0 Å². The molecule has 0 unspecified atom stereocenters. The van der Waals surface area contributed by atoms with Gasteiger partial charge in [-0.25, -0.2) is 13.2 Å². The van der Waals surface area contributed by atoms with E-state index in [1.165, 1.54) is 6.07 Å². The van der Waals surface area contributed by atoms with E-state index in [9.17, 15) is 18.0 Å². The van der Waals surface area contributed by atoms with E-state index in [2.05, 4.69) is 0 Å². The van der Waals surface area contributed by atoms with Crippen LogP contribution in [0.15, 0.2) is 12.1 Å². The molecule has 0 saturated carbocycles. The van der Waals surface area contributed by atoms with Crippen LogP contribution in [0.25, 0.3) is 0 Å². The third kappa shape index (κ3) is 1.91. The van der Waals surface area contributed by atoms with E-state index in [0.717, 1.165) is 0 Å². The number of carbonyl (C=O) groups excluding carboxylic acids is 1. The minimum atomic E-state index is -1.63. The van der Waals surface area contributed by atoms with Gasteiger partial charge in [0.15, 0.2) is 23.2 Å². The summed E-state index contributed by atoms with van der Waals surface area (Å²) in [4.78, 5) is 11.0. The van der Waals surface area contributed by atoms with Crippen molar-refractivity contribution in [3.05, 3.63) is 35.1 Å². The third-order valence-corrected chi connectivity index (χ3v) is 1.55. The normalized spacial score (nSPS) is 9.57. The lowest BCUT2D eigenvalue weighted by Gasteiger charge is -1.99. The molecule has 0 heterocycles. The van der Waals surface area contributed by atoms with E-state index in [4.69, 9.17) is 5.26 Å². The molecule has 72 valence electrons. The highest BCUT2D eigenvalue weighted by atomic mass is 19.2. The van der Waals surface area contributed by atoms with Gasteiger partial charge in [0.05, 0.1) is 12.5 Å². The summed E-state index contributed by atoms with van der Waals surface area (Å²) in [6, 6.07) is 2.67. The average Bonchev–Trinajstić information content (AvgIpc) is 2.13. The number of hydrogen-bond acceptors (Lipinski definition) is 2. The van der Waals surface area contributed by atoms with Gasteiger partial charge in [0.2, 0.25) is 0 Å². The van der Waals surface area contributed by atoms with Crippen molar-refractivity contribution in [3.8, 4) is 6.07 Å². The molecule has 0 aromatic heterocycles. The van der Waals surface area contributed by atoms with Crippen LogP contribution in [0.1, 0.15) is 16.8 Å². The number of ketones is 1. The highest BCUT2D eigenvalue weighted by Gasteiger charge is 2.14. The highest BCUT2D eigenvalue weighted by molar-refractivity contribution is 5.97. The van der Waals surface area contributed by atoms with Crippen LogP contribution in [0.5, 0.6) is 0 Å². The Kier molecular flexibility index (Phi) is 2.87. The average molecular weight is 199 g/mol. The molecule has 0 saturated heterocycles. The second kappa shape index (κ2) is 3.92. The summed E-state index contributed by atoms with van der Waals surface area (Å²) in [6.45, 7) is 0. The molecule has 1 aromatic rings. The lowest BCUT2D eigenvalue weighted by molar-refractivity contribution is 0.0996. The Labute approximate surface area is 77.6 Å². The lowest BCUT2D eigenvalue weighted by atomic mass is 10.1. The summed E-state index contributed by atoms with van der Waals surface area (Å²) < 4.78 is 37.6. The minimum Gasteiger partial charge on any atom is -0.293 e. The molecule has 0 aliphatic rings. The van der Waals surface area contributed by atoms with Gasteiger partial charge >= 0.3 is 0 Å². The molecule has 0 fully saturated rings. The smallest absolute Gasteiger partial charge is 0.194 e. The fourth-order valence-corrected chi connectivity index (χ4v) is 0.890. The van der Waals surface area contributed by atoms with E-state index in [0.29, 0.717) is 12.1 Å². The Morgan fingerprint density at radius 3 is 2.21 bits per heavy atom. The molecule has 0 radical (unpaired) electrons. The first-order valence-electron chi connectivity index (χ1n) is 3.61. The van der Waals surface area contributed by atoms with E-state index < -0.39 is 29.7 Å². The largest absolute Gasteiger partial charge is 0.293 e. The zero-order valence-electron chi connectivity index (χ0n) is 6.85. The lowest BCUT2D eigenvalue weighted by Crippen LogP contribution is -2.01. The zero-order valence-corrected chi connectivity index (χ0v) is 6.85. The van der Waals surface area contributed by atoms with Gasteiger partial charge in [-0.15, -0.1) is 0 Å². The number of carbonyl (C=O) groups is 1. The van der Waals surface area contributed by atoms with Gasteiger partial charge in [0, 0.05) is 5.56 Å². The molecular formula is C9H4F3NO. The maximum atomic E-state index is 12.6. The Balaban J connectivity index is 3.14. The highest BCUT2D eigenvalue weighted by Crippen LogP contribution is 2.14. The van der Waals surface area contributed by atoms with Crippen LogP contribution in [-0.4, -0.2) is 5.78 Å². The zero-order chi connectivity index (χ0) is 10.7. The number of benzene rings is 1. The van der Waals surface area contributed by atoms with Crippen LogP contribution in [0.4, 0.5) is 13.2 Å². The van der Waals surface area contributed by atoms with Gasteiger partial charge in [-0.1, -0.05) is 0 Å².